The highest BCUT2D eigenvalue weighted by Gasteiger charge is 2.18. The molecule has 0 spiro atoms. The van der Waals surface area contributed by atoms with Crippen LogP contribution in [0.3, 0.4) is 0 Å². The molecule has 1 N–H and O–H groups in total. The Morgan fingerprint density at radius 1 is 1.25 bits per heavy atom. The zero-order valence-electron chi connectivity index (χ0n) is 11.3. The summed E-state index contributed by atoms with van der Waals surface area (Å²) in [6.07, 6.45) is 7.14. The van der Waals surface area contributed by atoms with Gasteiger partial charge in [0.2, 0.25) is 0 Å². The molecule has 0 saturated heterocycles. The molecular formula is C14H29NS. The zero-order valence-corrected chi connectivity index (χ0v) is 12.1. The highest BCUT2D eigenvalue weighted by molar-refractivity contribution is 7.99. The van der Waals surface area contributed by atoms with Gasteiger partial charge in [-0.3, -0.25) is 0 Å². The Morgan fingerprint density at radius 3 is 2.75 bits per heavy atom. The van der Waals surface area contributed by atoms with E-state index in [1.807, 2.05) is 0 Å². The molecule has 1 rings (SSSR count). The van der Waals surface area contributed by atoms with Crippen LogP contribution >= 0.6 is 11.8 Å². The summed E-state index contributed by atoms with van der Waals surface area (Å²) in [7, 11) is 0. The van der Waals surface area contributed by atoms with Crippen molar-refractivity contribution in [1.29, 1.82) is 0 Å². The smallest absolute Gasteiger partial charge is 0.00608 e. The van der Waals surface area contributed by atoms with Crippen molar-refractivity contribution in [3.8, 4) is 0 Å². The van der Waals surface area contributed by atoms with Crippen LogP contribution in [-0.4, -0.2) is 24.1 Å². The van der Waals surface area contributed by atoms with Crippen molar-refractivity contribution in [2.75, 3.05) is 18.8 Å². The SMILES string of the molecule is CC(C)CCNCCSC1CCCC(C)C1. The Morgan fingerprint density at radius 2 is 2.06 bits per heavy atom. The first kappa shape index (κ1) is 14.4. The second-order valence-corrected chi connectivity index (χ2v) is 7.11. The van der Waals surface area contributed by atoms with Crippen LogP contribution in [0.1, 0.15) is 52.9 Å². The van der Waals surface area contributed by atoms with Crippen LogP contribution in [0.5, 0.6) is 0 Å². The van der Waals surface area contributed by atoms with Crippen LogP contribution in [0.25, 0.3) is 0 Å². The van der Waals surface area contributed by atoms with Crippen LogP contribution in [0.15, 0.2) is 0 Å². The average Bonchev–Trinajstić information content (AvgIpc) is 2.23. The van der Waals surface area contributed by atoms with Crippen molar-refractivity contribution < 1.29 is 0 Å². The van der Waals surface area contributed by atoms with E-state index >= 15 is 0 Å². The van der Waals surface area contributed by atoms with Gasteiger partial charge in [0.05, 0.1) is 0 Å². The monoisotopic (exact) mass is 243 g/mol. The quantitative estimate of drug-likeness (QED) is 0.680. The lowest BCUT2D eigenvalue weighted by Crippen LogP contribution is -2.22. The van der Waals surface area contributed by atoms with E-state index in [4.69, 9.17) is 0 Å². The number of thioether (sulfide) groups is 1. The first-order valence-electron chi connectivity index (χ1n) is 7.00. The van der Waals surface area contributed by atoms with E-state index in [2.05, 4.69) is 37.8 Å². The van der Waals surface area contributed by atoms with E-state index < -0.39 is 0 Å². The largest absolute Gasteiger partial charge is 0.316 e. The van der Waals surface area contributed by atoms with Gasteiger partial charge in [-0.25, -0.2) is 0 Å². The molecule has 2 heteroatoms. The van der Waals surface area contributed by atoms with Crippen molar-refractivity contribution in [2.45, 2.75) is 58.1 Å². The molecule has 1 aliphatic carbocycles. The van der Waals surface area contributed by atoms with E-state index in [1.165, 1.54) is 50.9 Å². The number of hydrogen-bond donors (Lipinski definition) is 1. The zero-order chi connectivity index (χ0) is 11.8. The Bertz CT molecular complexity index is 170. The highest BCUT2D eigenvalue weighted by Crippen LogP contribution is 2.31. The second kappa shape index (κ2) is 8.41. The Hall–Kier alpha value is 0.310. The van der Waals surface area contributed by atoms with Crippen LogP contribution in [0.2, 0.25) is 0 Å². The molecule has 1 fully saturated rings. The van der Waals surface area contributed by atoms with Gasteiger partial charge in [-0.1, -0.05) is 33.6 Å². The minimum absolute atomic E-state index is 0.833. The molecule has 2 atom stereocenters. The minimum Gasteiger partial charge on any atom is -0.316 e. The normalized spacial score (nSPS) is 26.2. The molecule has 16 heavy (non-hydrogen) atoms. The summed E-state index contributed by atoms with van der Waals surface area (Å²) in [6.45, 7) is 9.38. The standard InChI is InChI=1S/C14H29NS/c1-12(2)7-8-15-9-10-16-14-6-4-5-13(3)11-14/h12-15H,4-11H2,1-3H3. The molecule has 0 amide bonds. The van der Waals surface area contributed by atoms with Crippen molar-refractivity contribution in [3.05, 3.63) is 0 Å². The summed E-state index contributed by atoms with van der Waals surface area (Å²) in [5, 5.41) is 4.50. The molecule has 1 saturated carbocycles. The summed E-state index contributed by atoms with van der Waals surface area (Å²) < 4.78 is 0. The molecule has 1 aliphatic rings. The van der Waals surface area contributed by atoms with Crippen molar-refractivity contribution in [3.63, 3.8) is 0 Å². The van der Waals surface area contributed by atoms with Gasteiger partial charge in [0, 0.05) is 17.5 Å². The third kappa shape index (κ3) is 6.80. The fourth-order valence-corrected chi connectivity index (χ4v) is 3.74. The summed E-state index contributed by atoms with van der Waals surface area (Å²) in [5.41, 5.74) is 0. The van der Waals surface area contributed by atoms with Crippen LogP contribution in [0, 0.1) is 11.8 Å². The summed E-state index contributed by atoms with van der Waals surface area (Å²) in [6, 6.07) is 0. The molecule has 96 valence electrons. The first-order valence-corrected chi connectivity index (χ1v) is 8.05. The molecule has 0 aromatic heterocycles. The molecule has 0 bridgehead atoms. The van der Waals surface area contributed by atoms with Crippen LogP contribution in [-0.2, 0) is 0 Å². The Balaban J connectivity index is 1.90. The van der Waals surface area contributed by atoms with Gasteiger partial charge in [-0.05, 0) is 37.6 Å². The fraction of sp³-hybridized carbons (Fsp3) is 1.00. The summed E-state index contributed by atoms with van der Waals surface area (Å²) in [4.78, 5) is 0. The lowest BCUT2D eigenvalue weighted by atomic mass is 9.91. The highest BCUT2D eigenvalue weighted by atomic mass is 32.2. The maximum Gasteiger partial charge on any atom is 0.00608 e. The molecule has 1 nitrogen and oxygen atoms in total. The molecule has 0 aliphatic heterocycles. The van der Waals surface area contributed by atoms with Crippen molar-refractivity contribution in [2.24, 2.45) is 11.8 Å². The summed E-state index contributed by atoms with van der Waals surface area (Å²) in [5.74, 6) is 3.11. The minimum atomic E-state index is 0.833. The summed E-state index contributed by atoms with van der Waals surface area (Å²) >= 11 is 2.20. The van der Waals surface area contributed by atoms with E-state index in [-0.39, 0.29) is 0 Å². The van der Waals surface area contributed by atoms with Crippen LogP contribution < -0.4 is 5.32 Å². The lowest BCUT2D eigenvalue weighted by molar-refractivity contribution is 0.394. The van der Waals surface area contributed by atoms with Gasteiger partial charge in [-0.2, -0.15) is 11.8 Å². The molecule has 0 heterocycles. The van der Waals surface area contributed by atoms with E-state index in [9.17, 15) is 0 Å². The second-order valence-electron chi connectivity index (χ2n) is 5.70. The van der Waals surface area contributed by atoms with Gasteiger partial charge in [0.25, 0.3) is 0 Å². The predicted molar refractivity (Wildman–Crippen MR) is 76.2 cm³/mol. The maximum absolute atomic E-state index is 3.55. The maximum atomic E-state index is 3.55. The first-order chi connectivity index (χ1) is 7.68. The van der Waals surface area contributed by atoms with Crippen molar-refractivity contribution >= 4 is 11.8 Å². The van der Waals surface area contributed by atoms with Crippen molar-refractivity contribution in [1.82, 2.24) is 5.32 Å². The van der Waals surface area contributed by atoms with Gasteiger partial charge in [0.15, 0.2) is 0 Å². The van der Waals surface area contributed by atoms with E-state index in [0.29, 0.717) is 0 Å². The average molecular weight is 243 g/mol. The van der Waals surface area contributed by atoms with E-state index in [1.54, 1.807) is 0 Å². The topological polar surface area (TPSA) is 12.0 Å². The van der Waals surface area contributed by atoms with E-state index in [0.717, 1.165) is 17.1 Å². The molecule has 0 radical (unpaired) electrons. The fourth-order valence-electron chi connectivity index (χ4n) is 2.34. The van der Waals surface area contributed by atoms with Gasteiger partial charge in [0.1, 0.15) is 0 Å². The lowest BCUT2D eigenvalue weighted by Gasteiger charge is -2.26. The number of hydrogen-bond acceptors (Lipinski definition) is 2. The number of nitrogens with one attached hydrogen (secondary N) is 1. The number of rotatable bonds is 7. The van der Waals surface area contributed by atoms with Gasteiger partial charge in [-0.15, -0.1) is 0 Å². The Labute approximate surface area is 106 Å². The van der Waals surface area contributed by atoms with Gasteiger partial charge >= 0.3 is 0 Å². The third-order valence-electron chi connectivity index (χ3n) is 3.42. The molecule has 0 aromatic carbocycles. The molecular weight excluding hydrogens is 214 g/mol. The molecule has 2 unspecified atom stereocenters. The van der Waals surface area contributed by atoms with Gasteiger partial charge < -0.3 is 5.32 Å². The third-order valence-corrected chi connectivity index (χ3v) is 4.76. The molecule has 0 aromatic rings. The Kier molecular flexibility index (Phi) is 7.55. The van der Waals surface area contributed by atoms with Crippen LogP contribution in [0.4, 0.5) is 0 Å². The predicted octanol–water partition coefficient (Wildman–Crippen LogP) is 3.93.